The van der Waals surface area contributed by atoms with E-state index in [1.165, 1.54) is 11.3 Å². The Bertz CT molecular complexity index is 1380. The van der Waals surface area contributed by atoms with Crippen LogP contribution in [0.5, 0.6) is 0 Å². The number of hydrogen-bond acceptors (Lipinski definition) is 7. The van der Waals surface area contributed by atoms with Gasteiger partial charge < -0.3 is 5.73 Å². The second-order valence-corrected chi connectivity index (χ2v) is 11.9. The van der Waals surface area contributed by atoms with Crippen molar-refractivity contribution in [3.8, 4) is 27.6 Å². The van der Waals surface area contributed by atoms with E-state index in [-0.39, 0.29) is 10.3 Å². The third-order valence-electron chi connectivity index (χ3n) is 6.66. The molecule has 164 valence electrons. The van der Waals surface area contributed by atoms with Gasteiger partial charge in [-0.15, -0.1) is 11.3 Å². The molecule has 3 saturated carbocycles. The number of nitrogens with two attached hydrogens (primary N) is 1. The van der Waals surface area contributed by atoms with Gasteiger partial charge in [-0.3, -0.25) is 0 Å². The van der Waals surface area contributed by atoms with Gasteiger partial charge in [0, 0.05) is 29.1 Å². The second kappa shape index (κ2) is 7.10. The van der Waals surface area contributed by atoms with Crippen molar-refractivity contribution in [2.75, 3.05) is 5.73 Å². The standard InChI is InChI=1S/C23H23N5O2S2/c1-14-3-4-17(32(29,30)28-23-6-5-22(11-23,12-23)13-24)8-18(14)16-7-19(21(25)27-9-16)20-10-26-15(2)31-20/h3-4,7-10,28H,5-6,11-12H2,1-2H3,(H2,25,27). The summed E-state index contributed by atoms with van der Waals surface area (Å²) in [5.41, 5.74) is 8.58. The smallest absolute Gasteiger partial charge is 0.241 e. The number of rotatable bonds is 5. The maximum Gasteiger partial charge on any atom is 0.241 e. The average Bonchev–Trinajstić information content (AvgIpc) is 3.41. The van der Waals surface area contributed by atoms with Crippen molar-refractivity contribution >= 4 is 27.2 Å². The molecule has 0 radical (unpaired) electrons. The molecule has 3 aromatic rings. The van der Waals surface area contributed by atoms with Crippen LogP contribution < -0.4 is 10.5 Å². The van der Waals surface area contributed by atoms with Crippen molar-refractivity contribution in [1.82, 2.24) is 14.7 Å². The summed E-state index contributed by atoms with van der Waals surface area (Å²) in [6.45, 7) is 3.87. The molecule has 0 unspecified atom stereocenters. The van der Waals surface area contributed by atoms with Gasteiger partial charge in [0.2, 0.25) is 10.0 Å². The Morgan fingerprint density at radius 2 is 1.91 bits per heavy atom. The Labute approximate surface area is 191 Å². The number of sulfonamides is 1. The molecule has 2 heterocycles. The number of pyridine rings is 1. The van der Waals surface area contributed by atoms with Crippen LogP contribution in [0.2, 0.25) is 0 Å². The summed E-state index contributed by atoms with van der Waals surface area (Å²) in [7, 11) is -3.73. The van der Waals surface area contributed by atoms with Gasteiger partial charge in [0.25, 0.3) is 0 Å². The van der Waals surface area contributed by atoms with Crippen LogP contribution in [0.15, 0.2) is 41.6 Å². The first-order valence-electron chi connectivity index (χ1n) is 10.4. The zero-order chi connectivity index (χ0) is 22.7. The van der Waals surface area contributed by atoms with Gasteiger partial charge >= 0.3 is 0 Å². The minimum Gasteiger partial charge on any atom is -0.383 e. The van der Waals surface area contributed by atoms with Crippen molar-refractivity contribution in [3.05, 3.63) is 47.2 Å². The molecule has 2 aromatic heterocycles. The largest absolute Gasteiger partial charge is 0.383 e. The average molecular weight is 466 g/mol. The molecule has 1 aromatic carbocycles. The minimum atomic E-state index is -3.73. The van der Waals surface area contributed by atoms with E-state index in [1.54, 1.807) is 24.5 Å². The predicted molar refractivity (Wildman–Crippen MR) is 124 cm³/mol. The molecule has 6 rings (SSSR count). The number of nitrogen functional groups attached to an aromatic ring is 1. The SMILES string of the molecule is Cc1ncc(-c2cc(-c3cc(S(=O)(=O)NC45CCC(C#N)(C4)C5)ccc3C)cnc2N)s1. The van der Waals surface area contributed by atoms with Gasteiger partial charge in [-0.25, -0.2) is 23.1 Å². The first kappa shape index (κ1) is 21.1. The highest BCUT2D eigenvalue weighted by Crippen LogP contribution is 2.61. The van der Waals surface area contributed by atoms with Crippen molar-refractivity contribution < 1.29 is 8.42 Å². The van der Waals surface area contributed by atoms with Gasteiger partial charge in [-0.2, -0.15) is 5.26 Å². The van der Waals surface area contributed by atoms with Gasteiger partial charge in [-0.05, 0) is 68.9 Å². The van der Waals surface area contributed by atoms with E-state index in [0.717, 1.165) is 38.6 Å². The molecule has 0 amide bonds. The lowest BCUT2D eigenvalue weighted by Crippen LogP contribution is -2.55. The van der Waals surface area contributed by atoms with Crippen LogP contribution in [0.25, 0.3) is 21.6 Å². The number of hydrogen-bond donors (Lipinski definition) is 2. The number of thiazole rings is 1. The zero-order valence-corrected chi connectivity index (χ0v) is 19.5. The molecular formula is C23H23N5O2S2. The van der Waals surface area contributed by atoms with E-state index in [9.17, 15) is 13.7 Å². The van der Waals surface area contributed by atoms with E-state index in [4.69, 9.17) is 5.73 Å². The van der Waals surface area contributed by atoms with E-state index >= 15 is 0 Å². The van der Waals surface area contributed by atoms with E-state index in [0.29, 0.717) is 25.1 Å². The van der Waals surface area contributed by atoms with Crippen LogP contribution in [0, 0.1) is 30.6 Å². The summed E-state index contributed by atoms with van der Waals surface area (Å²) in [5, 5.41) is 10.3. The summed E-state index contributed by atoms with van der Waals surface area (Å²) < 4.78 is 29.3. The number of aromatic nitrogens is 2. The van der Waals surface area contributed by atoms with Crippen molar-refractivity contribution in [3.63, 3.8) is 0 Å². The molecule has 3 fully saturated rings. The van der Waals surface area contributed by atoms with E-state index in [2.05, 4.69) is 20.8 Å². The molecule has 0 saturated heterocycles. The lowest BCUT2D eigenvalue weighted by molar-refractivity contribution is 0.161. The molecule has 9 heteroatoms. The number of nitrogens with zero attached hydrogens (tertiary/aromatic N) is 3. The molecule has 3 aliphatic carbocycles. The van der Waals surface area contributed by atoms with Crippen molar-refractivity contribution in [2.45, 2.75) is 50.0 Å². The predicted octanol–water partition coefficient (Wildman–Crippen LogP) is 4.19. The van der Waals surface area contributed by atoms with Crippen LogP contribution in [0.3, 0.4) is 0 Å². The lowest BCUT2D eigenvalue weighted by Gasteiger charge is -2.43. The van der Waals surface area contributed by atoms with E-state index < -0.39 is 15.6 Å². The van der Waals surface area contributed by atoms with E-state index in [1.807, 2.05) is 26.0 Å². The third-order valence-corrected chi connectivity index (χ3v) is 9.18. The number of fused-ring (bicyclic) bond motifs is 1. The molecule has 2 bridgehead atoms. The van der Waals surface area contributed by atoms with Crippen LogP contribution in [-0.2, 0) is 10.0 Å². The monoisotopic (exact) mass is 465 g/mol. The fraction of sp³-hybridized carbons (Fsp3) is 0.348. The quantitative estimate of drug-likeness (QED) is 0.583. The Morgan fingerprint density at radius 1 is 1.12 bits per heavy atom. The summed E-state index contributed by atoms with van der Waals surface area (Å²) in [5.74, 6) is 0.409. The fourth-order valence-corrected chi connectivity index (χ4v) is 7.32. The van der Waals surface area contributed by atoms with Gasteiger partial charge in [0.15, 0.2) is 0 Å². The molecule has 0 spiro atoms. The van der Waals surface area contributed by atoms with Crippen molar-refractivity contribution in [2.24, 2.45) is 5.41 Å². The normalized spacial score (nSPS) is 24.2. The molecule has 0 aliphatic heterocycles. The maximum absolute atomic E-state index is 13.2. The van der Waals surface area contributed by atoms with Crippen LogP contribution >= 0.6 is 11.3 Å². The number of aryl methyl sites for hydroxylation is 2. The first-order chi connectivity index (χ1) is 15.1. The Kier molecular flexibility index (Phi) is 4.68. The van der Waals surface area contributed by atoms with Gasteiger partial charge in [0.1, 0.15) is 5.82 Å². The van der Waals surface area contributed by atoms with Crippen LogP contribution in [0.4, 0.5) is 5.82 Å². The highest BCUT2D eigenvalue weighted by molar-refractivity contribution is 7.89. The molecular weight excluding hydrogens is 442 g/mol. The fourth-order valence-electron chi connectivity index (χ4n) is 5.06. The molecule has 0 atom stereocenters. The number of nitriles is 1. The summed E-state index contributed by atoms with van der Waals surface area (Å²) >= 11 is 1.53. The third kappa shape index (κ3) is 3.39. The molecule has 32 heavy (non-hydrogen) atoms. The summed E-state index contributed by atoms with van der Waals surface area (Å²) in [4.78, 5) is 9.78. The number of nitrogens with one attached hydrogen (secondary N) is 1. The van der Waals surface area contributed by atoms with Crippen LogP contribution in [-0.4, -0.2) is 23.9 Å². The summed E-state index contributed by atoms with van der Waals surface area (Å²) in [6.07, 6.45) is 6.08. The van der Waals surface area contributed by atoms with Crippen LogP contribution in [0.1, 0.15) is 36.3 Å². The number of anilines is 1. The highest BCUT2D eigenvalue weighted by atomic mass is 32.2. The second-order valence-electron chi connectivity index (χ2n) is 9.01. The first-order valence-corrected chi connectivity index (χ1v) is 12.7. The zero-order valence-electron chi connectivity index (χ0n) is 17.8. The van der Waals surface area contributed by atoms with Crippen molar-refractivity contribution in [1.29, 1.82) is 5.26 Å². The molecule has 3 N–H and O–H groups in total. The Balaban J connectivity index is 1.49. The Morgan fingerprint density at radius 3 is 2.56 bits per heavy atom. The minimum absolute atomic E-state index is 0.209. The Hall–Kier alpha value is -2.80. The topological polar surface area (TPSA) is 122 Å². The maximum atomic E-state index is 13.2. The lowest BCUT2D eigenvalue weighted by atomic mass is 9.66. The molecule has 7 nitrogen and oxygen atoms in total. The summed E-state index contributed by atoms with van der Waals surface area (Å²) in [6, 6.07) is 9.42. The number of benzene rings is 1. The highest BCUT2D eigenvalue weighted by Gasteiger charge is 2.62. The van der Waals surface area contributed by atoms with Gasteiger partial charge in [-0.1, -0.05) is 6.07 Å². The van der Waals surface area contributed by atoms with Gasteiger partial charge in [0.05, 0.1) is 26.3 Å². The molecule has 3 aliphatic rings.